The smallest absolute Gasteiger partial charge is 0.390 e. The van der Waals surface area contributed by atoms with Gasteiger partial charge in [0.1, 0.15) is 0 Å². The van der Waals surface area contributed by atoms with Crippen LogP contribution in [0.4, 0.5) is 0 Å². The van der Waals surface area contributed by atoms with Gasteiger partial charge >= 0.3 is 17.6 Å². The Labute approximate surface area is 104 Å². The SMILES string of the molecule is CO[Si](O)(CCCN)O[Si](O)(CCCN)OC. The molecule has 0 fully saturated rings. The van der Waals surface area contributed by atoms with Gasteiger partial charge in [-0.2, -0.15) is 0 Å². The van der Waals surface area contributed by atoms with E-state index in [1.165, 1.54) is 14.2 Å². The summed E-state index contributed by atoms with van der Waals surface area (Å²) in [7, 11) is -4.06. The molecule has 0 amide bonds. The van der Waals surface area contributed by atoms with E-state index in [4.69, 9.17) is 24.4 Å². The Morgan fingerprint density at radius 2 is 1.24 bits per heavy atom. The van der Waals surface area contributed by atoms with Crippen molar-refractivity contribution in [2.75, 3.05) is 27.3 Å². The summed E-state index contributed by atoms with van der Waals surface area (Å²) >= 11 is 0. The summed E-state index contributed by atoms with van der Waals surface area (Å²) in [5.74, 6) is 0. The fourth-order valence-corrected chi connectivity index (χ4v) is 6.48. The number of rotatable bonds is 10. The van der Waals surface area contributed by atoms with Crippen molar-refractivity contribution < 1.29 is 22.6 Å². The molecule has 0 spiro atoms. The third kappa shape index (κ3) is 6.59. The van der Waals surface area contributed by atoms with Crippen molar-refractivity contribution in [1.29, 1.82) is 0 Å². The topological polar surface area (TPSA) is 120 Å². The summed E-state index contributed by atoms with van der Waals surface area (Å²) in [6.45, 7) is 0.857. The zero-order valence-corrected chi connectivity index (χ0v) is 12.5. The highest BCUT2D eigenvalue weighted by atomic mass is 28.5. The van der Waals surface area contributed by atoms with Crippen molar-refractivity contribution in [2.24, 2.45) is 11.5 Å². The molecule has 6 N–H and O–H groups in total. The first-order valence-corrected chi connectivity index (χ1v) is 9.55. The van der Waals surface area contributed by atoms with E-state index in [0.717, 1.165) is 0 Å². The van der Waals surface area contributed by atoms with Gasteiger partial charge in [-0.3, -0.25) is 0 Å². The van der Waals surface area contributed by atoms with Gasteiger partial charge in [0, 0.05) is 26.3 Å². The third-order valence-corrected chi connectivity index (χ3v) is 8.15. The molecule has 0 aliphatic rings. The highest BCUT2D eigenvalue weighted by Gasteiger charge is 2.47. The van der Waals surface area contributed by atoms with Crippen molar-refractivity contribution >= 4 is 17.6 Å². The van der Waals surface area contributed by atoms with Crippen molar-refractivity contribution in [2.45, 2.75) is 24.9 Å². The quantitative estimate of drug-likeness (QED) is 0.374. The Hall–Kier alpha value is 0.154. The van der Waals surface area contributed by atoms with Crippen LogP contribution in [0.3, 0.4) is 0 Å². The lowest BCUT2D eigenvalue weighted by Gasteiger charge is -2.30. The third-order valence-electron chi connectivity index (χ3n) is 2.35. The molecule has 2 unspecified atom stereocenters. The minimum absolute atomic E-state index is 0.307. The molecule has 0 aliphatic heterocycles. The fourth-order valence-electron chi connectivity index (χ4n) is 1.29. The first-order valence-electron chi connectivity index (χ1n) is 5.60. The van der Waals surface area contributed by atoms with Gasteiger partial charge in [-0.05, 0) is 25.9 Å². The zero-order chi connectivity index (χ0) is 13.4. The second kappa shape index (κ2) is 8.29. The Morgan fingerprint density at radius 3 is 1.47 bits per heavy atom. The van der Waals surface area contributed by atoms with Crippen LogP contribution in [0.2, 0.25) is 12.1 Å². The standard InChI is InChI=1S/C8H24N2O5Si2/c1-13-16(11,7-3-5-9)15-17(12,14-2)8-4-6-10/h11-12H,3-10H2,1-2H3. The van der Waals surface area contributed by atoms with E-state index in [-0.39, 0.29) is 0 Å². The maximum absolute atomic E-state index is 10.1. The summed E-state index contributed by atoms with van der Waals surface area (Å²) in [6.07, 6.45) is 1.14. The zero-order valence-electron chi connectivity index (χ0n) is 10.5. The largest absolute Gasteiger partial charge is 0.490 e. The van der Waals surface area contributed by atoms with E-state index < -0.39 is 17.6 Å². The molecule has 17 heavy (non-hydrogen) atoms. The molecule has 7 nitrogen and oxygen atoms in total. The molecule has 0 saturated carbocycles. The van der Waals surface area contributed by atoms with E-state index >= 15 is 0 Å². The summed E-state index contributed by atoms with van der Waals surface area (Å²) in [5.41, 5.74) is 10.7. The molecule has 0 radical (unpaired) electrons. The van der Waals surface area contributed by atoms with Gasteiger partial charge in [0.25, 0.3) is 0 Å². The van der Waals surface area contributed by atoms with Crippen LogP contribution >= 0.6 is 0 Å². The summed E-state index contributed by atoms with van der Waals surface area (Å²) in [4.78, 5) is 20.2. The van der Waals surface area contributed by atoms with E-state index in [1.54, 1.807) is 0 Å². The monoisotopic (exact) mass is 284 g/mol. The fraction of sp³-hybridized carbons (Fsp3) is 1.00. The summed E-state index contributed by atoms with van der Waals surface area (Å²) < 4.78 is 15.4. The van der Waals surface area contributed by atoms with Crippen LogP contribution in [0.25, 0.3) is 0 Å². The average molecular weight is 284 g/mol. The predicted octanol–water partition coefficient (Wildman–Crippen LogP) is -1.14. The molecule has 0 saturated heterocycles. The van der Waals surface area contributed by atoms with Gasteiger partial charge in [0.05, 0.1) is 0 Å². The van der Waals surface area contributed by atoms with Crippen molar-refractivity contribution in [3.63, 3.8) is 0 Å². The maximum Gasteiger partial charge on any atom is 0.490 e. The Bertz CT molecular complexity index is 194. The highest BCUT2D eigenvalue weighted by Crippen LogP contribution is 2.20. The van der Waals surface area contributed by atoms with Gasteiger partial charge in [-0.25, -0.2) is 0 Å². The van der Waals surface area contributed by atoms with Crippen LogP contribution in [0.1, 0.15) is 12.8 Å². The van der Waals surface area contributed by atoms with Gasteiger partial charge in [-0.1, -0.05) is 0 Å². The Kier molecular flexibility index (Phi) is 8.36. The number of hydrogen-bond acceptors (Lipinski definition) is 7. The predicted molar refractivity (Wildman–Crippen MR) is 68.0 cm³/mol. The molecule has 0 aromatic heterocycles. The molecular weight excluding hydrogens is 260 g/mol. The Morgan fingerprint density at radius 1 is 0.882 bits per heavy atom. The first-order chi connectivity index (χ1) is 7.95. The molecule has 0 heterocycles. The number of nitrogens with two attached hydrogens (primary N) is 2. The molecular formula is C8H24N2O5Si2. The van der Waals surface area contributed by atoms with Gasteiger partial charge < -0.3 is 34.0 Å². The van der Waals surface area contributed by atoms with Crippen LogP contribution in [0.15, 0.2) is 0 Å². The molecule has 0 aliphatic carbocycles. The van der Waals surface area contributed by atoms with Gasteiger partial charge in [-0.15, -0.1) is 0 Å². The number of hydrogen-bond donors (Lipinski definition) is 4. The maximum atomic E-state index is 10.1. The van der Waals surface area contributed by atoms with Crippen molar-refractivity contribution in [3.8, 4) is 0 Å². The van der Waals surface area contributed by atoms with E-state index in [9.17, 15) is 9.59 Å². The van der Waals surface area contributed by atoms with Gasteiger partial charge in [0.15, 0.2) is 0 Å². The molecule has 2 atom stereocenters. The highest BCUT2D eigenvalue weighted by molar-refractivity contribution is 6.73. The Balaban J connectivity index is 4.47. The minimum atomic E-state index is -3.38. The second-order valence-corrected chi connectivity index (χ2v) is 9.20. The van der Waals surface area contributed by atoms with Crippen LogP contribution in [-0.4, -0.2) is 54.5 Å². The van der Waals surface area contributed by atoms with Crippen LogP contribution in [0, 0.1) is 0 Å². The average Bonchev–Trinajstić information content (AvgIpc) is 2.34. The van der Waals surface area contributed by atoms with E-state index in [0.29, 0.717) is 38.0 Å². The molecule has 0 bridgehead atoms. The molecule has 9 heteroatoms. The normalized spacial score (nSPS) is 18.7. The van der Waals surface area contributed by atoms with Crippen molar-refractivity contribution in [3.05, 3.63) is 0 Å². The van der Waals surface area contributed by atoms with Gasteiger partial charge in [0.2, 0.25) is 0 Å². The lowest BCUT2D eigenvalue weighted by atomic mass is 10.5. The lowest BCUT2D eigenvalue weighted by Crippen LogP contribution is -2.55. The van der Waals surface area contributed by atoms with Crippen LogP contribution in [-0.2, 0) is 13.0 Å². The molecule has 0 rings (SSSR count). The van der Waals surface area contributed by atoms with Crippen LogP contribution < -0.4 is 11.5 Å². The second-order valence-electron chi connectivity index (χ2n) is 3.72. The van der Waals surface area contributed by atoms with Crippen LogP contribution in [0.5, 0.6) is 0 Å². The summed E-state index contributed by atoms with van der Waals surface area (Å²) in [6, 6.07) is 0.614. The van der Waals surface area contributed by atoms with E-state index in [2.05, 4.69) is 0 Å². The van der Waals surface area contributed by atoms with Crippen molar-refractivity contribution in [1.82, 2.24) is 0 Å². The minimum Gasteiger partial charge on any atom is -0.390 e. The molecule has 0 aromatic rings. The lowest BCUT2D eigenvalue weighted by molar-refractivity contribution is 0.116. The molecule has 104 valence electrons. The first kappa shape index (κ1) is 17.2. The molecule has 0 aromatic carbocycles. The summed E-state index contributed by atoms with van der Waals surface area (Å²) in [5, 5.41) is 0. The van der Waals surface area contributed by atoms with E-state index in [1.807, 2.05) is 0 Å².